The van der Waals surface area contributed by atoms with Gasteiger partial charge < -0.3 is 15.0 Å². The van der Waals surface area contributed by atoms with Crippen molar-refractivity contribution in [2.24, 2.45) is 5.92 Å². The maximum Gasteiger partial charge on any atom is 0.273 e. The summed E-state index contributed by atoms with van der Waals surface area (Å²) in [7, 11) is 3.75. The summed E-state index contributed by atoms with van der Waals surface area (Å²) in [5.74, 6) is 0.589. The highest BCUT2D eigenvalue weighted by Gasteiger charge is 2.18. The van der Waals surface area contributed by atoms with Crippen LogP contribution in [0.5, 0.6) is 0 Å². The van der Waals surface area contributed by atoms with Crippen LogP contribution in [-0.4, -0.2) is 38.8 Å². The highest BCUT2D eigenvalue weighted by molar-refractivity contribution is 5.64. The minimum absolute atomic E-state index is 0.116. The molecule has 1 saturated heterocycles. The van der Waals surface area contributed by atoms with Crippen molar-refractivity contribution in [3.05, 3.63) is 28.3 Å². The van der Waals surface area contributed by atoms with Gasteiger partial charge in [-0.3, -0.25) is 10.1 Å². The monoisotopic (exact) mass is 279 g/mol. The molecule has 1 aliphatic heterocycles. The van der Waals surface area contributed by atoms with Crippen LogP contribution < -0.4 is 10.2 Å². The van der Waals surface area contributed by atoms with Gasteiger partial charge in [0.1, 0.15) is 0 Å². The molecule has 1 fully saturated rings. The van der Waals surface area contributed by atoms with Crippen LogP contribution >= 0.6 is 0 Å². The number of hydrogen-bond acceptors (Lipinski definition) is 5. The summed E-state index contributed by atoms with van der Waals surface area (Å²) in [4.78, 5) is 12.7. The van der Waals surface area contributed by atoms with Crippen molar-refractivity contribution in [1.82, 2.24) is 0 Å². The Morgan fingerprint density at radius 2 is 2.10 bits per heavy atom. The Hall–Kier alpha value is -1.82. The predicted octanol–water partition coefficient (Wildman–Crippen LogP) is 2.50. The molecule has 1 aliphatic rings. The maximum atomic E-state index is 11.0. The third-order valence-electron chi connectivity index (χ3n) is 3.72. The lowest BCUT2D eigenvalue weighted by Crippen LogP contribution is -2.29. The summed E-state index contributed by atoms with van der Waals surface area (Å²) in [5.41, 5.74) is 1.74. The average molecular weight is 279 g/mol. The van der Waals surface area contributed by atoms with E-state index in [0.29, 0.717) is 5.92 Å². The molecule has 0 bridgehead atoms. The first-order valence-electron chi connectivity index (χ1n) is 6.86. The van der Waals surface area contributed by atoms with Crippen LogP contribution in [0, 0.1) is 16.0 Å². The number of benzene rings is 1. The number of nitro benzene ring substituents is 1. The third kappa shape index (κ3) is 3.60. The number of hydrogen-bond donors (Lipinski definition) is 1. The van der Waals surface area contributed by atoms with Crippen LogP contribution in [0.2, 0.25) is 0 Å². The van der Waals surface area contributed by atoms with Gasteiger partial charge in [0.05, 0.1) is 4.92 Å². The lowest BCUT2D eigenvalue weighted by molar-refractivity contribution is -0.384. The summed E-state index contributed by atoms with van der Waals surface area (Å²) in [5, 5.41) is 13.9. The molecule has 20 heavy (non-hydrogen) atoms. The first kappa shape index (κ1) is 14.6. The van der Waals surface area contributed by atoms with E-state index in [1.807, 2.05) is 13.1 Å². The fraction of sp³-hybridized carbons (Fsp3) is 0.571. The van der Waals surface area contributed by atoms with Crippen LogP contribution in [0.3, 0.4) is 0 Å². The molecule has 0 aliphatic carbocycles. The molecule has 0 unspecified atom stereocenters. The second-order valence-corrected chi connectivity index (χ2v) is 5.18. The molecule has 1 heterocycles. The highest BCUT2D eigenvalue weighted by Crippen LogP contribution is 2.27. The van der Waals surface area contributed by atoms with Crippen LogP contribution in [-0.2, 0) is 4.74 Å². The Balaban J connectivity index is 2.13. The topological polar surface area (TPSA) is 67.6 Å². The number of non-ortho nitro benzene ring substituents is 1. The molecule has 1 aromatic carbocycles. The standard InChI is InChI=1S/C14H21N3O3/c1-15-12-7-13(9-14(8-12)17(18)19)16(2)10-11-3-5-20-6-4-11/h7-9,11,15H,3-6,10H2,1-2H3. The first-order valence-corrected chi connectivity index (χ1v) is 6.86. The van der Waals surface area contributed by atoms with Crippen molar-refractivity contribution in [2.45, 2.75) is 12.8 Å². The fourth-order valence-electron chi connectivity index (χ4n) is 2.49. The number of rotatable bonds is 5. The van der Waals surface area contributed by atoms with Gasteiger partial charge in [-0.1, -0.05) is 0 Å². The summed E-state index contributed by atoms with van der Waals surface area (Å²) < 4.78 is 5.36. The van der Waals surface area contributed by atoms with Crippen molar-refractivity contribution in [3.8, 4) is 0 Å². The largest absolute Gasteiger partial charge is 0.388 e. The van der Waals surface area contributed by atoms with E-state index in [4.69, 9.17) is 4.74 Å². The molecule has 0 amide bonds. The minimum atomic E-state index is -0.355. The molecule has 1 aromatic rings. The van der Waals surface area contributed by atoms with Crippen LogP contribution in [0.4, 0.5) is 17.1 Å². The second-order valence-electron chi connectivity index (χ2n) is 5.18. The zero-order valence-corrected chi connectivity index (χ0v) is 12.0. The zero-order valence-electron chi connectivity index (χ0n) is 12.0. The normalized spacial score (nSPS) is 15.9. The molecular weight excluding hydrogens is 258 g/mol. The van der Waals surface area contributed by atoms with E-state index in [2.05, 4.69) is 10.2 Å². The average Bonchev–Trinajstić information content (AvgIpc) is 2.47. The van der Waals surface area contributed by atoms with Crippen molar-refractivity contribution in [1.29, 1.82) is 0 Å². The minimum Gasteiger partial charge on any atom is -0.388 e. The predicted molar refractivity (Wildman–Crippen MR) is 79.5 cm³/mol. The molecule has 0 aromatic heterocycles. The Kier molecular flexibility index (Phi) is 4.79. The van der Waals surface area contributed by atoms with E-state index >= 15 is 0 Å². The van der Waals surface area contributed by atoms with E-state index in [9.17, 15) is 10.1 Å². The maximum absolute atomic E-state index is 11.0. The Morgan fingerprint density at radius 3 is 2.70 bits per heavy atom. The van der Waals surface area contributed by atoms with E-state index < -0.39 is 0 Å². The van der Waals surface area contributed by atoms with E-state index in [1.165, 1.54) is 0 Å². The third-order valence-corrected chi connectivity index (χ3v) is 3.72. The summed E-state index contributed by atoms with van der Waals surface area (Å²) in [6, 6.07) is 5.11. The van der Waals surface area contributed by atoms with Crippen LogP contribution in [0.25, 0.3) is 0 Å². The highest BCUT2D eigenvalue weighted by atomic mass is 16.6. The molecule has 6 heteroatoms. The molecule has 0 atom stereocenters. The molecular formula is C14H21N3O3. The lowest BCUT2D eigenvalue weighted by Gasteiger charge is -2.28. The number of anilines is 2. The second kappa shape index (κ2) is 6.56. The molecule has 0 spiro atoms. The van der Waals surface area contributed by atoms with Gasteiger partial charge in [0.2, 0.25) is 0 Å². The molecule has 0 saturated carbocycles. The van der Waals surface area contributed by atoms with E-state index in [1.54, 1.807) is 19.2 Å². The lowest BCUT2D eigenvalue weighted by atomic mass is 9.99. The quantitative estimate of drug-likeness (QED) is 0.662. The molecule has 2 rings (SSSR count). The van der Waals surface area contributed by atoms with Crippen molar-refractivity contribution in [3.63, 3.8) is 0 Å². The molecule has 1 N–H and O–H groups in total. The van der Waals surface area contributed by atoms with Crippen molar-refractivity contribution < 1.29 is 9.66 Å². The molecule has 110 valence electrons. The van der Waals surface area contributed by atoms with Gasteiger partial charge in [0.15, 0.2) is 0 Å². The zero-order chi connectivity index (χ0) is 14.5. The Morgan fingerprint density at radius 1 is 1.40 bits per heavy atom. The van der Waals surface area contributed by atoms with E-state index in [-0.39, 0.29) is 10.6 Å². The van der Waals surface area contributed by atoms with Gasteiger partial charge in [0, 0.05) is 57.4 Å². The first-order chi connectivity index (χ1) is 9.60. The molecule has 6 nitrogen and oxygen atoms in total. The summed E-state index contributed by atoms with van der Waals surface area (Å²) in [6.07, 6.45) is 2.11. The fourth-order valence-corrected chi connectivity index (χ4v) is 2.49. The Bertz CT molecular complexity index is 473. The van der Waals surface area contributed by atoms with Gasteiger partial charge in [-0.05, 0) is 24.8 Å². The number of ether oxygens (including phenoxy) is 1. The number of nitrogens with zero attached hydrogens (tertiary/aromatic N) is 2. The van der Waals surface area contributed by atoms with Crippen molar-refractivity contribution >= 4 is 17.1 Å². The van der Waals surface area contributed by atoms with Crippen molar-refractivity contribution in [2.75, 3.05) is 44.1 Å². The van der Waals surface area contributed by atoms with Gasteiger partial charge in [0.25, 0.3) is 5.69 Å². The number of nitro groups is 1. The van der Waals surface area contributed by atoms with Gasteiger partial charge in [-0.15, -0.1) is 0 Å². The Labute approximate surface area is 118 Å². The summed E-state index contributed by atoms with van der Waals surface area (Å²) in [6.45, 7) is 2.53. The molecule has 0 radical (unpaired) electrons. The SMILES string of the molecule is CNc1cc(N(C)CC2CCOCC2)cc([N+](=O)[O-])c1. The van der Waals surface area contributed by atoms with Gasteiger partial charge in [-0.25, -0.2) is 0 Å². The van der Waals surface area contributed by atoms with Gasteiger partial charge >= 0.3 is 0 Å². The summed E-state index contributed by atoms with van der Waals surface area (Å²) >= 11 is 0. The van der Waals surface area contributed by atoms with Crippen LogP contribution in [0.1, 0.15) is 12.8 Å². The van der Waals surface area contributed by atoms with Crippen LogP contribution in [0.15, 0.2) is 18.2 Å². The van der Waals surface area contributed by atoms with Gasteiger partial charge in [-0.2, -0.15) is 0 Å². The van der Waals surface area contributed by atoms with E-state index in [0.717, 1.165) is 44.0 Å². The smallest absolute Gasteiger partial charge is 0.273 e. The number of nitrogens with one attached hydrogen (secondary N) is 1.